The number of rotatable bonds is 6. The smallest absolute Gasteiger partial charge is 0.416 e. The number of anilines is 2. The number of halogens is 3. The molecule has 1 fully saturated rings. The molecule has 0 spiro atoms. The van der Waals surface area contributed by atoms with Crippen molar-refractivity contribution in [1.82, 2.24) is 19.5 Å². The molecule has 3 aromatic heterocycles. The number of hydrogen-bond acceptors (Lipinski definition) is 6. The summed E-state index contributed by atoms with van der Waals surface area (Å²) in [6, 6.07) is 5.27. The number of nitrogens with one attached hydrogen (secondary N) is 1. The van der Waals surface area contributed by atoms with Crippen molar-refractivity contribution in [3.8, 4) is 5.82 Å². The van der Waals surface area contributed by atoms with Crippen molar-refractivity contribution in [3.05, 3.63) is 59.8 Å². The highest BCUT2D eigenvalue weighted by atomic mass is 19.4. The zero-order chi connectivity index (χ0) is 24.5. The first-order chi connectivity index (χ1) is 16.0. The molecule has 0 aromatic carbocycles. The Bertz CT molecular complexity index is 1190. The average Bonchev–Trinajstić information content (AvgIpc) is 3.26. The van der Waals surface area contributed by atoms with Crippen molar-refractivity contribution in [2.45, 2.75) is 50.8 Å². The Labute approximate surface area is 193 Å². The molecule has 0 aliphatic heterocycles. The van der Waals surface area contributed by atoms with Crippen LogP contribution in [0.1, 0.15) is 48.9 Å². The topological polar surface area (TPSA) is 113 Å². The molecule has 0 amide bonds. The normalized spacial score (nSPS) is 20.8. The number of aromatic nitrogens is 4. The summed E-state index contributed by atoms with van der Waals surface area (Å²) in [5.74, 6) is -0.00893. The Morgan fingerprint density at radius 1 is 1.21 bits per heavy atom. The SMILES string of the molecule is Cc1cc(Nc2cc(C(F)(F)F)ccn2)nc(-n2cnc([C@]3(O)CC[C@H](CC(=O)O)CC3)c2)c1. The molecule has 1 saturated carbocycles. The van der Waals surface area contributed by atoms with Crippen molar-refractivity contribution < 1.29 is 28.2 Å². The number of aliphatic carboxylic acids is 1. The van der Waals surface area contributed by atoms with Crippen LogP contribution < -0.4 is 5.32 Å². The van der Waals surface area contributed by atoms with Crippen LogP contribution in [0.5, 0.6) is 0 Å². The number of hydrogen-bond donors (Lipinski definition) is 3. The van der Waals surface area contributed by atoms with E-state index in [4.69, 9.17) is 5.11 Å². The van der Waals surface area contributed by atoms with Gasteiger partial charge in [0.25, 0.3) is 0 Å². The third kappa shape index (κ3) is 5.36. The quantitative estimate of drug-likeness (QED) is 0.478. The second-order valence-corrected chi connectivity index (χ2v) is 8.68. The minimum atomic E-state index is -4.48. The van der Waals surface area contributed by atoms with E-state index in [1.54, 1.807) is 22.9 Å². The molecular weight excluding hydrogens is 451 g/mol. The predicted molar refractivity (Wildman–Crippen MR) is 117 cm³/mol. The molecule has 0 bridgehead atoms. The van der Waals surface area contributed by atoms with E-state index in [1.807, 2.05) is 6.92 Å². The summed E-state index contributed by atoms with van der Waals surface area (Å²) in [4.78, 5) is 23.7. The highest BCUT2D eigenvalue weighted by Gasteiger charge is 2.37. The van der Waals surface area contributed by atoms with Crippen LogP contribution >= 0.6 is 0 Å². The molecule has 11 heteroatoms. The summed E-state index contributed by atoms with van der Waals surface area (Å²) in [5.41, 5.74) is -0.683. The van der Waals surface area contributed by atoms with Crippen LogP contribution in [0, 0.1) is 12.8 Å². The lowest BCUT2D eigenvalue weighted by atomic mass is 9.76. The number of nitrogens with zero attached hydrogens (tertiary/aromatic N) is 4. The molecule has 34 heavy (non-hydrogen) atoms. The number of pyridine rings is 2. The lowest BCUT2D eigenvalue weighted by Crippen LogP contribution is -2.32. The van der Waals surface area contributed by atoms with Crippen LogP contribution in [0.4, 0.5) is 24.8 Å². The van der Waals surface area contributed by atoms with Gasteiger partial charge in [-0.05, 0) is 68.4 Å². The summed E-state index contributed by atoms with van der Waals surface area (Å²) < 4.78 is 40.6. The van der Waals surface area contributed by atoms with Crippen molar-refractivity contribution in [1.29, 1.82) is 0 Å². The van der Waals surface area contributed by atoms with Gasteiger partial charge in [0.05, 0.1) is 11.3 Å². The standard InChI is InChI=1S/C23H24F3N5O3/c1-14-8-19(29-18-11-16(4-7-27-18)23(24,25)26)30-20(9-14)31-12-17(28-13-31)22(34)5-2-15(3-6-22)10-21(32)33/h4,7-9,11-13,15,34H,2-3,5-6,10H2,1H3,(H,32,33)(H,27,29,30)/t15-,22-. The summed E-state index contributed by atoms with van der Waals surface area (Å²) in [6.45, 7) is 1.82. The Kier molecular flexibility index (Phi) is 6.30. The van der Waals surface area contributed by atoms with Gasteiger partial charge in [0.2, 0.25) is 0 Å². The Morgan fingerprint density at radius 3 is 2.62 bits per heavy atom. The summed E-state index contributed by atoms with van der Waals surface area (Å²) in [5, 5.41) is 22.9. The first-order valence-electron chi connectivity index (χ1n) is 10.8. The highest BCUT2D eigenvalue weighted by molar-refractivity contribution is 5.67. The fourth-order valence-corrected chi connectivity index (χ4v) is 4.20. The molecule has 1 aliphatic rings. The molecule has 180 valence electrons. The lowest BCUT2D eigenvalue weighted by molar-refractivity contribution is -0.139. The first kappa shape index (κ1) is 23.7. The highest BCUT2D eigenvalue weighted by Crippen LogP contribution is 2.40. The minimum Gasteiger partial charge on any atom is -0.481 e. The number of imidazole rings is 1. The van der Waals surface area contributed by atoms with E-state index >= 15 is 0 Å². The second kappa shape index (κ2) is 9.05. The van der Waals surface area contributed by atoms with Gasteiger partial charge in [0.15, 0.2) is 0 Å². The summed E-state index contributed by atoms with van der Waals surface area (Å²) in [7, 11) is 0. The molecule has 0 radical (unpaired) electrons. The van der Waals surface area contributed by atoms with E-state index in [2.05, 4.69) is 20.3 Å². The van der Waals surface area contributed by atoms with Crippen molar-refractivity contribution in [3.63, 3.8) is 0 Å². The van der Waals surface area contributed by atoms with Gasteiger partial charge in [-0.2, -0.15) is 13.2 Å². The van der Waals surface area contributed by atoms with E-state index in [1.165, 1.54) is 6.33 Å². The average molecular weight is 475 g/mol. The van der Waals surface area contributed by atoms with Crippen molar-refractivity contribution in [2.75, 3.05) is 5.32 Å². The molecule has 1 aliphatic carbocycles. The van der Waals surface area contributed by atoms with Gasteiger partial charge >= 0.3 is 12.1 Å². The Morgan fingerprint density at radius 2 is 1.94 bits per heavy atom. The van der Waals surface area contributed by atoms with E-state index in [9.17, 15) is 23.1 Å². The third-order valence-electron chi connectivity index (χ3n) is 6.02. The first-order valence-corrected chi connectivity index (χ1v) is 10.8. The van der Waals surface area contributed by atoms with Crippen molar-refractivity contribution >= 4 is 17.6 Å². The van der Waals surface area contributed by atoms with E-state index in [-0.39, 0.29) is 18.2 Å². The minimum absolute atomic E-state index is 0.0117. The van der Waals surface area contributed by atoms with Crippen LogP contribution in [0.15, 0.2) is 43.0 Å². The zero-order valence-corrected chi connectivity index (χ0v) is 18.4. The lowest BCUT2D eigenvalue weighted by Gasteiger charge is -2.34. The molecule has 0 atom stereocenters. The maximum atomic E-state index is 13.0. The largest absolute Gasteiger partial charge is 0.481 e. The van der Waals surface area contributed by atoms with Crippen molar-refractivity contribution in [2.24, 2.45) is 5.92 Å². The molecule has 4 rings (SSSR count). The number of carbonyl (C=O) groups is 1. The third-order valence-corrected chi connectivity index (χ3v) is 6.02. The van der Waals surface area contributed by atoms with E-state index in [0.717, 1.165) is 23.9 Å². The molecule has 3 aromatic rings. The van der Waals surface area contributed by atoms with Crippen LogP contribution in [0.2, 0.25) is 0 Å². The Balaban J connectivity index is 1.53. The number of alkyl halides is 3. The molecule has 0 saturated heterocycles. The zero-order valence-electron chi connectivity index (χ0n) is 18.4. The van der Waals surface area contributed by atoms with Gasteiger partial charge in [0, 0.05) is 18.8 Å². The van der Waals surface area contributed by atoms with Gasteiger partial charge in [-0.3, -0.25) is 9.36 Å². The predicted octanol–water partition coefficient (Wildman–Crippen LogP) is 4.59. The van der Waals surface area contributed by atoms with Gasteiger partial charge in [-0.1, -0.05) is 0 Å². The van der Waals surface area contributed by atoms with Crippen LogP contribution in [0.25, 0.3) is 5.82 Å². The fourth-order valence-electron chi connectivity index (χ4n) is 4.20. The number of aryl methyl sites for hydroxylation is 1. The Hall–Kier alpha value is -3.47. The van der Waals surface area contributed by atoms with Crippen LogP contribution in [-0.4, -0.2) is 35.7 Å². The molecule has 0 unspecified atom stereocenters. The molecular formula is C23H24F3N5O3. The molecule has 3 heterocycles. The van der Waals surface area contributed by atoms with Gasteiger partial charge in [0.1, 0.15) is 29.4 Å². The fraction of sp³-hybridized carbons (Fsp3) is 0.391. The molecule has 3 N–H and O–H groups in total. The van der Waals surface area contributed by atoms with Gasteiger partial charge in [-0.15, -0.1) is 0 Å². The number of carboxylic acid groups (broad SMARTS) is 1. The van der Waals surface area contributed by atoms with Crippen LogP contribution in [0.3, 0.4) is 0 Å². The maximum absolute atomic E-state index is 13.0. The van der Waals surface area contributed by atoms with E-state index < -0.39 is 23.3 Å². The number of aliphatic hydroxyl groups is 1. The second-order valence-electron chi connectivity index (χ2n) is 8.68. The summed E-state index contributed by atoms with van der Waals surface area (Å²) in [6.07, 6.45) is 1.90. The van der Waals surface area contributed by atoms with Gasteiger partial charge in [-0.25, -0.2) is 15.0 Å². The number of carboxylic acids is 1. The van der Waals surface area contributed by atoms with E-state index in [0.29, 0.717) is 43.0 Å². The molecule has 8 nitrogen and oxygen atoms in total. The van der Waals surface area contributed by atoms with Crippen LogP contribution in [-0.2, 0) is 16.6 Å². The summed E-state index contributed by atoms with van der Waals surface area (Å²) >= 11 is 0. The monoisotopic (exact) mass is 475 g/mol. The van der Waals surface area contributed by atoms with Gasteiger partial charge < -0.3 is 15.5 Å². The maximum Gasteiger partial charge on any atom is 0.416 e.